The van der Waals surface area contributed by atoms with E-state index in [1.807, 2.05) is 42.6 Å². The minimum Gasteiger partial charge on any atom is -0.309 e. The zero-order valence-corrected chi connectivity index (χ0v) is 29.3. The molecular weight excluding hydrogens is 666 g/mol. The highest BCUT2D eigenvalue weighted by molar-refractivity contribution is 7.86. The van der Waals surface area contributed by atoms with Crippen LogP contribution in [0.3, 0.4) is 0 Å². The molecule has 3 aromatic heterocycles. The van der Waals surface area contributed by atoms with Crippen LogP contribution in [-0.4, -0.2) is 14.4 Å². The second-order valence-electron chi connectivity index (χ2n) is 14.1. The summed E-state index contributed by atoms with van der Waals surface area (Å²) in [6, 6.07) is 57.5. The number of pyridine rings is 2. The molecule has 246 valence electrons. The van der Waals surface area contributed by atoms with Crippen molar-refractivity contribution in [3.63, 3.8) is 0 Å². The van der Waals surface area contributed by atoms with E-state index in [1.54, 1.807) is 0 Å². The van der Waals surface area contributed by atoms with Gasteiger partial charge in [0.15, 0.2) is 7.14 Å². The molecule has 0 fully saturated rings. The smallest absolute Gasteiger partial charge is 0.173 e. The highest BCUT2D eigenvalue weighted by atomic mass is 31.2. The monoisotopic (exact) mass is 693 g/mol. The van der Waals surface area contributed by atoms with E-state index in [1.165, 1.54) is 37.7 Å². The minimum atomic E-state index is -3.06. The van der Waals surface area contributed by atoms with E-state index in [-0.39, 0.29) is 0 Å². The zero-order valence-electron chi connectivity index (χ0n) is 28.4. The van der Waals surface area contributed by atoms with Gasteiger partial charge in [-0.3, -0.25) is 9.38 Å². The quantitative estimate of drug-likeness (QED) is 0.103. The molecular formula is C48H28N3OP. The van der Waals surface area contributed by atoms with E-state index < -0.39 is 7.14 Å². The van der Waals surface area contributed by atoms with Gasteiger partial charge in [0.1, 0.15) is 5.65 Å². The molecule has 0 N–H and O–H groups in total. The Labute approximate surface area is 304 Å². The summed E-state index contributed by atoms with van der Waals surface area (Å²) in [7, 11) is -3.06. The normalized spacial score (nSPS) is 13.5. The van der Waals surface area contributed by atoms with Gasteiger partial charge < -0.3 is 4.57 Å². The maximum atomic E-state index is 15.1. The second kappa shape index (κ2) is 10.5. The molecule has 0 aliphatic carbocycles. The maximum Gasteiger partial charge on any atom is 0.173 e. The van der Waals surface area contributed by atoms with Crippen LogP contribution in [0.2, 0.25) is 0 Å². The van der Waals surface area contributed by atoms with Crippen LogP contribution in [0.5, 0.6) is 0 Å². The van der Waals surface area contributed by atoms with Crippen LogP contribution in [0, 0.1) is 0 Å². The van der Waals surface area contributed by atoms with Crippen LogP contribution in [0.25, 0.3) is 93.1 Å². The number of rotatable bonds is 2. The largest absolute Gasteiger partial charge is 0.309 e. The Morgan fingerprint density at radius 3 is 1.94 bits per heavy atom. The van der Waals surface area contributed by atoms with E-state index in [9.17, 15) is 0 Å². The molecule has 11 aromatic rings. The summed E-state index contributed by atoms with van der Waals surface area (Å²) in [5, 5.41) is 11.9. The molecule has 0 atom stereocenters. The van der Waals surface area contributed by atoms with Gasteiger partial charge in [0.2, 0.25) is 0 Å². The predicted molar refractivity (Wildman–Crippen MR) is 222 cm³/mol. The van der Waals surface area contributed by atoms with Crippen molar-refractivity contribution in [3.8, 4) is 22.3 Å². The highest BCUT2D eigenvalue weighted by Gasteiger charge is 2.40. The topological polar surface area (TPSA) is 47.3 Å². The number of aromatic nitrogens is 3. The molecule has 53 heavy (non-hydrogen) atoms. The summed E-state index contributed by atoms with van der Waals surface area (Å²) in [4.78, 5) is 10.3. The predicted octanol–water partition coefficient (Wildman–Crippen LogP) is 10.9. The van der Waals surface area contributed by atoms with Crippen molar-refractivity contribution in [1.29, 1.82) is 0 Å². The van der Waals surface area contributed by atoms with Gasteiger partial charge in [0, 0.05) is 38.3 Å². The molecule has 0 spiro atoms. The summed E-state index contributed by atoms with van der Waals surface area (Å²) in [5.74, 6) is 0. The average Bonchev–Trinajstić information content (AvgIpc) is 3.73. The van der Waals surface area contributed by atoms with Gasteiger partial charge in [0.25, 0.3) is 0 Å². The van der Waals surface area contributed by atoms with Crippen molar-refractivity contribution in [2.24, 2.45) is 0 Å². The third-order valence-electron chi connectivity index (χ3n) is 11.3. The molecule has 1 aliphatic rings. The van der Waals surface area contributed by atoms with E-state index in [0.29, 0.717) is 0 Å². The van der Waals surface area contributed by atoms with Crippen LogP contribution >= 0.6 is 7.14 Å². The summed E-state index contributed by atoms with van der Waals surface area (Å²) < 4.78 is 17.4. The summed E-state index contributed by atoms with van der Waals surface area (Å²) in [5.41, 5.74) is 9.24. The Bertz CT molecular complexity index is 3400. The van der Waals surface area contributed by atoms with Crippen molar-refractivity contribution in [3.05, 3.63) is 170 Å². The SMILES string of the molecule is O=P1(c2cnc3cc(-c4ccc5nc6c7c8ccccc8ccc7c7cc8ccccc8cc7n6c5c4)ccc3c2)c2ccccc2-c2ccccc21. The van der Waals surface area contributed by atoms with E-state index >= 15 is 4.57 Å². The zero-order chi connectivity index (χ0) is 34.8. The lowest BCUT2D eigenvalue weighted by atomic mass is 9.97. The molecule has 0 saturated carbocycles. The molecule has 4 heterocycles. The molecule has 8 aromatic carbocycles. The Kier molecular flexibility index (Phi) is 5.74. The van der Waals surface area contributed by atoms with Crippen molar-refractivity contribution in [2.75, 3.05) is 0 Å². The maximum absolute atomic E-state index is 15.1. The lowest BCUT2D eigenvalue weighted by molar-refractivity contribution is 0.593. The highest BCUT2D eigenvalue weighted by Crippen LogP contribution is 2.52. The second-order valence-corrected chi connectivity index (χ2v) is 16.8. The number of hydrogen-bond donors (Lipinski definition) is 0. The van der Waals surface area contributed by atoms with Crippen LogP contribution in [0.4, 0.5) is 0 Å². The van der Waals surface area contributed by atoms with Gasteiger partial charge in [-0.15, -0.1) is 0 Å². The first-order valence-electron chi connectivity index (χ1n) is 17.9. The molecule has 4 nitrogen and oxygen atoms in total. The Balaban J connectivity index is 1.06. The number of nitrogens with zero attached hydrogens (tertiary/aromatic N) is 3. The van der Waals surface area contributed by atoms with Crippen LogP contribution < -0.4 is 15.9 Å². The van der Waals surface area contributed by atoms with E-state index in [4.69, 9.17) is 9.97 Å². The van der Waals surface area contributed by atoms with Gasteiger partial charge in [-0.05, 0) is 85.6 Å². The third kappa shape index (κ3) is 3.93. The van der Waals surface area contributed by atoms with Gasteiger partial charge in [-0.1, -0.05) is 127 Å². The summed E-state index contributed by atoms with van der Waals surface area (Å²) in [6.07, 6.45) is 1.82. The first-order chi connectivity index (χ1) is 26.1. The van der Waals surface area contributed by atoms with Crippen molar-refractivity contribution in [1.82, 2.24) is 14.4 Å². The summed E-state index contributed by atoms with van der Waals surface area (Å²) >= 11 is 0. The molecule has 0 saturated heterocycles. The number of hydrogen-bond acceptors (Lipinski definition) is 3. The van der Waals surface area contributed by atoms with Crippen LogP contribution in [0.15, 0.2) is 170 Å². The Morgan fingerprint density at radius 2 is 1.13 bits per heavy atom. The molecule has 1 aliphatic heterocycles. The molecule has 0 radical (unpaired) electrons. The van der Waals surface area contributed by atoms with E-state index in [2.05, 4.69) is 132 Å². The average molecular weight is 694 g/mol. The number of benzene rings is 8. The Morgan fingerprint density at radius 1 is 0.472 bits per heavy atom. The van der Waals surface area contributed by atoms with E-state index in [0.717, 1.165) is 71.3 Å². The van der Waals surface area contributed by atoms with Crippen LogP contribution in [0.1, 0.15) is 0 Å². The number of imidazole rings is 1. The Hall–Kier alpha value is -6.61. The molecule has 5 heteroatoms. The fourth-order valence-electron chi connectivity index (χ4n) is 8.85. The van der Waals surface area contributed by atoms with Gasteiger partial charge in [0.05, 0.1) is 22.1 Å². The summed E-state index contributed by atoms with van der Waals surface area (Å²) in [6.45, 7) is 0. The van der Waals surface area contributed by atoms with Crippen molar-refractivity contribution < 1.29 is 4.57 Å². The standard InChI is InChI=1S/C48H28N3OP/c52-53(45-15-7-5-13-37(45)38-14-6-8-16-46(38)53)35-23-34-18-17-32(25-42(34)49-28-35)33-20-22-41-44(27-33)51-43-26-31-11-2-1-10-30(31)24-40(43)39-21-19-29-9-3-4-12-36(29)47(39)48(51)50-41/h1-28H. The fourth-order valence-corrected chi connectivity index (χ4v) is 11.9. The third-order valence-corrected chi connectivity index (χ3v) is 14.5. The molecule has 0 unspecified atom stereocenters. The van der Waals surface area contributed by atoms with Crippen LogP contribution in [-0.2, 0) is 4.57 Å². The lowest BCUT2D eigenvalue weighted by Crippen LogP contribution is -2.21. The molecule has 0 bridgehead atoms. The lowest BCUT2D eigenvalue weighted by Gasteiger charge is -2.16. The fraction of sp³-hybridized carbons (Fsp3) is 0. The molecule has 0 amide bonds. The van der Waals surface area contributed by atoms with Gasteiger partial charge in [-0.2, -0.15) is 0 Å². The molecule has 12 rings (SSSR count). The van der Waals surface area contributed by atoms with Crippen molar-refractivity contribution in [2.45, 2.75) is 0 Å². The van der Waals surface area contributed by atoms with Gasteiger partial charge >= 0.3 is 0 Å². The van der Waals surface area contributed by atoms with Crippen molar-refractivity contribution >= 4 is 93.9 Å². The first-order valence-corrected chi connectivity index (χ1v) is 19.6. The van der Waals surface area contributed by atoms with Gasteiger partial charge in [-0.25, -0.2) is 4.98 Å². The number of fused-ring (bicyclic) bond motifs is 15. The first kappa shape index (κ1) is 29.0. The minimum absolute atomic E-state index is 0.765.